The Balaban J connectivity index is 1.71. The molecule has 1 heterocycles. The largest absolute Gasteiger partial charge is 0.330 e. The van der Waals surface area contributed by atoms with E-state index in [4.69, 9.17) is 0 Å². The summed E-state index contributed by atoms with van der Waals surface area (Å²) in [5.74, 6) is 0.399. The number of barbiturate groups is 1. The maximum absolute atomic E-state index is 12.3. The van der Waals surface area contributed by atoms with E-state index in [1.807, 2.05) is 0 Å². The summed E-state index contributed by atoms with van der Waals surface area (Å²) in [6.07, 6.45) is 5.71. The predicted molar refractivity (Wildman–Crippen MR) is 68.0 cm³/mol. The van der Waals surface area contributed by atoms with Crippen LogP contribution in [0.4, 0.5) is 4.79 Å². The molecule has 1 saturated heterocycles. The van der Waals surface area contributed by atoms with E-state index in [-0.39, 0.29) is 5.91 Å². The molecule has 3 aliphatic rings. The molecule has 0 aromatic heterocycles. The molecule has 0 aromatic carbocycles. The number of hydrogen-bond acceptors (Lipinski definition) is 3. The van der Waals surface area contributed by atoms with Gasteiger partial charge in [-0.15, -0.1) is 0 Å². The lowest BCUT2D eigenvalue weighted by Crippen LogP contribution is -2.60. The van der Waals surface area contributed by atoms with Gasteiger partial charge in [-0.3, -0.25) is 19.8 Å². The number of rotatable bonds is 2. The predicted octanol–water partition coefficient (Wildman–Crippen LogP) is 1.67. The second-order valence-corrected chi connectivity index (χ2v) is 6.39. The molecule has 104 valence electrons. The number of carbonyl (C=O) groups excluding carboxylic acids is 3. The highest BCUT2D eigenvalue weighted by Gasteiger charge is 2.62. The highest BCUT2D eigenvalue weighted by molar-refractivity contribution is 6.20. The van der Waals surface area contributed by atoms with E-state index in [0.717, 1.165) is 12.8 Å². The zero-order valence-corrected chi connectivity index (χ0v) is 11.3. The summed E-state index contributed by atoms with van der Waals surface area (Å²) in [5, 5.41) is 2.34. The van der Waals surface area contributed by atoms with Gasteiger partial charge < -0.3 is 0 Å². The summed E-state index contributed by atoms with van der Waals surface area (Å²) in [6, 6.07) is -0.522. The number of hydrogen-bond donors (Lipinski definition) is 1. The van der Waals surface area contributed by atoms with Crippen LogP contribution in [0.5, 0.6) is 0 Å². The highest BCUT2D eigenvalue weighted by Crippen LogP contribution is 2.49. The SMILES string of the molecule is CC1CCCC(CN2C(=O)NC(=O)C3(CC3)C2=O)C1. The molecular formula is C14H20N2O3. The minimum atomic E-state index is -0.895. The van der Waals surface area contributed by atoms with Crippen molar-refractivity contribution < 1.29 is 14.4 Å². The van der Waals surface area contributed by atoms with Gasteiger partial charge >= 0.3 is 6.03 Å². The molecule has 0 aromatic rings. The van der Waals surface area contributed by atoms with Gasteiger partial charge in [-0.05, 0) is 37.5 Å². The van der Waals surface area contributed by atoms with Gasteiger partial charge in [-0.25, -0.2) is 4.79 Å². The van der Waals surface area contributed by atoms with Crippen molar-refractivity contribution in [1.82, 2.24) is 10.2 Å². The first-order chi connectivity index (χ1) is 9.03. The number of nitrogens with one attached hydrogen (secondary N) is 1. The smallest absolute Gasteiger partial charge is 0.277 e. The van der Waals surface area contributed by atoms with E-state index in [9.17, 15) is 14.4 Å². The van der Waals surface area contributed by atoms with Crippen LogP contribution in [0.2, 0.25) is 0 Å². The Morgan fingerprint density at radius 3 is 2.63 bits per heavy atom. The third-order valence-corrected chi connectivity index (χ3v) is 4.79. The molecule has 3 rings (SSSR count). The molecule has 2 atom stereocenters. The van der Waals surface area contributed by atoms with Gasteiger partial charge in [0, 0.05) is 6.54 Å². The van der Waals surface area contributed by atoms with Crippen LogP contribution in [0, 0.1) is 17.3 Å². The third kappa shape index (κ3) is 2.05. The van der Waals surface area contributed by atoms with Crippen molar-refractivity contribution in [2.45, 2.75) is 45.4 Å². The summed E-state index contributed by atoms with van der Waals surface area (Å²) in [5.41, 5.74) is -0.895. The fraction of sp³-hybridized carbons (Fsp3) is 0.786. The van der Waals surface area contributed by atoms with Crippen molar-refractivity contribution in [3.8, 4) is 0 Å². The van der Waals surface area contributed by atoms with Crippen molar-refractivity contribution in [1.29, 1.82) is 0 Å². The average Bonchev–Trinajstić information content (AvgIpc) is 3.15. The second kappa shape index (κ2) is 4.32. The average molecular weight is 264 g/mol. The van der Waals surface area contributed by atoms with Crippen molar-refractivity contribution >= 4 is 17.8 Å². The molecule has 5 heteroatoms. The van der Waals surface area contributed by atoms with Gasteiger partial charge in [0.1, 0.15) is 5.41 Å². The maximum atomic E-state index is 12.3. The van der Waals surface area contributed by atoms with Crippen LogP contribution in [0.15, 0.2) is 0 Å². The van der Waals surface area contributed by atoms with Gasteiger partial charge in [0.05, 0.1) is 0 Å². The molecule has 2 aliphatic carbocycles. The summed E-state index contributed by atoms with van der Waals surface area (Å²) in [6.45, 7) is 2.69. The third-order valence-electron chi connectivity index (χ3n) is 4.79. The Morgan fingerprint density at radius 1 is 1.26 bits per heavy atom. The van der Waals surface area contributed by atoms with E-state index < -0.39 is 17.4 Å². The van der Waals surface area contributed by atoms with Crippen LogP contribution in [0.25, 0.3) is 0 Å². The van der Waals surface area contributed by atoms with Crippen LogP contribution in [0.3, 0.4) is 0 Å². The molecule has 1 spiro atoms. The molecule has 0 bridgehead atoms. The molecule has 19 heavy (non-hydrogen) atoms. The Bertz CT molecular complexity index is 442. The van der Waals surface area contributed by atoms with Gasteiger partial charge in [0.2, 0.25) is 11.8 Å². The molecule has 4 amide bonds. The quantitative estimate of drug-likeness (QED) is 0.771. The molecule has 3 fully saturated rings. The van der Waals surface area contributed by atoms with E-state index in [1.165, 1.54) is 17.7 Å². The first-order valence-electron chi connectivity index (χ1n) is 7.20. The number of carbonyl (C=O) groups is 3. The fourth-order valence-corrected chi connectivity index (χ4v) is 3.45. The van der Waals surface area contributed by atoms with Gasteiger partial charge in [0.25, 0.3) is 0 Å². The van der Waals surface area contributed by atoms with Crippen LogP contribution >= 0.6 is 0 Å². The van der Waals surface area contributed by atoms with Gasteiger partial charge in [-0.2, -0.15) is 0 Å². The van der Waals surface area contributed by atoms with Crippen LogP contribution < -0.4 is 5.32 Å². The zero-order valence-electron chi connectivity index (χ0n) is 11.3. The Labute approximate surface area is 112 Å². The van der Waals surface area contributed by atoms with Crippen LogP contribution in [0.1, 0.15) is 45.4 Å². The molecule has 5 nitrogen and oxygen atoms in total. The monoisotopic (exact) mass is 264 g/mol. The van der Waals surface area contributed by atoms with E-state index in [0.29, 0.717) is 31.2 Å². The van der Waals surface area contributed by atoms with Crippen LogP contribution in [-0.2, 0) is 9.59 Å². The lowest BCUT2D eigenvalue weighted by Gasteiger charge is -2.35. The Kier molecular flexibility index (Phi) is 2.87. The van der Waals surface area contributed by atoms with Gasteiger partial charge in [0.15, 0.2) is 0 Å². The second-order valence-electron chi connectivity index (χ2n) is 6.39. The summed E-state index contributed by atoms with van der Waals surface area (Å²) >= 11 is 0. The minimum absolute atomic E-state index is 0.264. The fourth-order valence-electron chi connectivity index (χ4n) is 3.45. The van der Waals surface area contributed by atoms with E-state index >= 15 is 0 Å². The normalized spacial score (nSPS) is 33.5. The molecule has 0 radical (unpaired) electrons. The summed E-state index contributed by atoms with van der Waals surface area (Å²) in [4.78, 5) is 37.2. The first-order valence-corrected chi connectivity index (χ1v) is 7.20. The van der Waals surface area contributed by atoms with Crippen molar-refractivity contribution in [2.75, 3.05) is 6.54 Å². The first kappa shape index (κ1) is 12.6. The minimum Gasteiger partial charge on any atom is -0.277 e. The highest BCUT2D eigenvalue weighted by atomic mass is 16.2. The standard InChI is InChI=1S/C14H20N2O3/c1-9-3-2-4-10(7-9)8-16-12(18)14(5-6-14)11(17)15-13(16)19/h9-10H,2-8H2,1H3,(H,15,17,19). The Hall–Kier alpha value is -1.39. The summed E-state index contributed by atoms with van der Waals surface area (Å²) in [7, 11) is 0. The van der Waals surface area contributed by atoms with Crippen molar-refractivity contribution in [3.63, 3.8) is 0 Å². The topological polar surface area (TPSA) is 66.5 Å². The lowest BCUT2D eigenvalue weighted by atomic mass is 9.82. The number of urea groups is 1. The zero-order chi connectivity index (χ0) is 13.6. The molecule has 1 N–H and O–H groups in total. The van der Waals surface area contributed by atoms with Crippen molar-refractivity contribution in [2.24, 2.45) is 17.3 Å². The molecule has 2 saturated carbocycles. The van der Waals surface area contributed by atoms with Crippen LogP contribution in [-0.4, -0.2) is 29.3 Å². The van der Waals surface area contributed by atoms with E-state index in [2.05, 4.69) is 12.2 Å². The Morgan fingerprint density at radius 2 is 2.00 bits per heavy atom. The van der Waals surface area contributed by atoms with Gasteiger partial charge in [-0.1, -0.05) is 19.8 Å². The number of amides is 4. The summed E-state index contributed by atoms with van der Waals surface area (Å²) < 4.78 is 0. The number of imide groups is 2. The molecular weight excluding hydrogens is 244 g/mol. The number of nitrogens with zero attached hydrogens (tertiary/aromatic N) is 1. The maximum Gasteiger partial charge on any atom is 0.330 e. The van der Waals surface area contributed by atoms with Crippen molar-refractivity contribution in [3.05, 3.63) is 0 Å². The molecule has 2 unspecified atom stereocenters. The molecule has 1 aliphatic heterocycles. The lowest BCUT2D eigenvalue weighted by molar-refractivity contribution is -0.145. The van der Waals surface area contributed by atoms with E-state index in [1.54, 1.807) is 0 Å².